The number of allylic oxidation sites excluding steroid dienone is 2. The van der Waals surface area contributed by atoms with Crippen LogP contribution < -0.4 is 5.32 Å². The lowest BCUT2D eigenvalue weighted by molar-refractivity contribution is -0.757. The molecule has 12 heteroatoms. The fraction of sp³-hybridized carbons (Fsp3) is 0.577. The molecular weight excluding hydrogens is 509 g/mol. The Morgan fingerprint density at radius 2 is 2.03 bits per heavy atom. The topological polar surface area (TPSA) is 142 Å². The monoisotopic (exact) mass is 544 g/mol. The molecule has 0 spiro atoms. The van der Waals surface area contributed by atoms with Gasteiger partial charge in [0.2, 0.25) is 5.91 Å². The molecule has 38 heavy (non-hydrogen) atoms. The Hall–Kier alpha value is -2.96. The number of nitrogens with zero attached hydrogens (tertiary/aromatic N) is 1. The summed E-state index contributed by atoms with van der Waals surface area (Å²) in [6.07, 6.45) is 2.67. The van der Waals surface area contributed by atoms with E-state index in [9.17, 15) is 43.4 Å². The van der Waals surface area contributed by atoms with Gasteiger partial charge in [0.05, 0.1) is 23.9 Å². The molecule has 1 amide bonds. The minimum absolute atomic E-state index is 0.0480. The van der Waals surface area contributed by atoms with Crippen molar-refractivity contribution in [1.82, 2.24) is 5.32 Å². The first-order chi connectivity index (χ1) is 18.0. The molecule has 0 bridgehead atoms. The van der Waals surface area contributed by atoms with Crippen LogP contribution in [0.4, 0.5) is 13.2 Å². The maximum Gasteiger partial charge on any atom is 0.416 e. The maximum atomic E-state index is 12.9. The van der Waals surface area contributed by atoms with E-state index in [2.05, 4.69) is 10.2 Å². The summed E-state index contributed by atoms with van der Waals surface area (Å²) >= 11 is 0. The van der Waals surface area contributed by atoms with E-state index in [1.165, 1.54) is 12.1 Å². The molecule has 1 saturated carbocycles. The summed E-state index contributed by atoms with van der Waals surface area (Å²) in [4.78, 5) is 25.8. The Balaban J connectivity index is 1.75. The Kier molecular flexibility index (Phi) is 12.7. The zero-order valence-corrected chi connectivity index (χ0v) is 20.9. The summed E-state index contributed by atoms with van der Waals surface area (Å²) in [5.41, 5.74) is -0.268. The van der Waals surface area contributed by atoms with Crippen LogP contribution in [-0.2, 0) is 22.2 Å². The molecule has 212 valence electrons. The van der Waals surface area contributed by atoms with E-state index in [1.54, 1.807) is 12.1 Å². The van der Waals surface area contributed by atoms with Crippen molar-refractivity contribution >= 4 is 5.91 Å². The smallest absolute Gasteiger partial charge is 0.393 e. The quantitative estimate of drug-likeness (QED) is 0.115. The third-order valence-corrected chi connectivity index (χ3v) is 6.42. The third-order valence-electron chi connectivity index (χ3n) is 6.42. The number of hydrogen-bond donors (Lipinski definition) is 4. The van der Waals surface area contributed by atoms with Crippen LogP contribution >= 0.6 is 0 Å². The molecule has 0 radical (unpaired) electrons. The minimum atomic E-state index is -4.43. The average molecular weight is 545 g/mol. The molecule has 1 fully saturated rings. The number of nitrogens with one attached hydrogen (secondary N) is 1. The van der Waals surface area contributed by atoms with Crippen LogP contribution in [0.3, 0.4) is 0 Å². The summed E-state index contributed by atoms with van der Waals surface area (Å²) in [7, 11) is 0. The van der Waals surface area contributed by atoms with Gasteiger partial charge in [-0.3, -0.25) is 4.79 Å². The molecule has 0 heterocycles. The molecule has 9 nitrogen and oxygen atoms in total. The number of aliphatic hydroxyl groups is 3. The number of rotatable bonds is 15. The molecule has 0 unspecified atom stereocenters. The van der Waals surface area contributed by atoms with Crippen LogP contribution in [0.5, 0.6) is 0 Å². The van der Waals surface area contributed by atoms with Crippen molar-refractivity contribution in [2.24, 2.45) is 11.8 Å². The predicted octanol–water partition coefficient (Wildman–Crippen LogP) is 3.35. The molecule has 0 saturated heterocycles. The van der Waals surface area contributed by atoms with Gasteiger partial charge in [0, 0.05) is 25.3 Å². The SMILES string of the molecule is O=C(CCC/C=C\C[C@@H]1[C@@H](/C=C/[C@@H](O)CCc2cccc(C(F)(F)F)c2)[C@H](O)C[C@@H]1O)NCCO[N+](=O)[O-]. The molecular formula is C26H35F3N2O7. The first kappa shape index (κ1) is 31.3. The fourth-order valence-corrected chi connectivity index (χ4v) is 4.43. The van der Waals surface area contributed by atoms with E-state index >= 15 is 0 Å². The molecule has 1 aromatic rings. The van der Waals surface area contributed by atoms with Crippen molar-refractivity contribution < 1.29 is 43.2 Å². The first-order valence-electron chi connectivity index (χ1n) is 12.5. The van der Waals surface area contributed by atoms with Crippen LogP contribution in [0.1, 0.15) is 49.7 Å². The van der Waals surface area contributed by atoms with Crippen molar-refractivity contribution in [3.05, 3.63) is 69.8 Å². The first-order valence-corrected chi connectivity index (χ1v) is 12.5. The molecule has 2 rings (SSSR count). The van der Waals surface area contributed by atoms with Gasteiger partial charge in [0.1, 0.15) is 6.61 Å². The molecule has 5 atom stereocenters. The van der Waals surface area contributed by atoms with Crippen molar-refractivity contribution in [2.75, 3.05) is 13.2 Å². The van der Waals surface area contributed by atoms with Gasteiger partial charge in [0.15, 0.2) is 0 Å². The number of hydrogen-bond acceptors (Lipinski definition) is 7. The van der Waals surface area contributed by atoms with Gasteiger partial charge in [-0.15, -0.1) is 10.1 Å². The summed E-state index contributed by atoms with van der Waals surface area (Å²) in [5.74, 6) is -0.889. The largest absolute Gasteiger partial charge is 0.416 e. The molecule has 0 aromatic heterocycles. The van der Waals surface area contributed by atoms with E-state index in [-0.39, 0.29) is 56.6 Å². The molecule has 1 aliphatic rings. The van der Waals surface area contributed by atoms with Crippen molar-refractivity contribution in [3.8, 4) is 0 Å². The van der Waals surface area contributed by atoms with Crippen molar-refractivity contribution in [1.29, 1.82) is 0 Å². The van der Waals surface area contributed by atoms with Crippen LogP contribution in [0.25, 0.3) is 0 Å². The fourth-order valence-electron chi connectivity index (χ4n) is 4.43. The van der Waals surface area contributed by atoms with Crippen LogP contribution in [0.2, 0.25) is 0 Å². The number of benzene rings is 1. The highest BCUT2D eigenvalue weighted by molar-refractivity contribution is 5.75. The summed E-state index contributed by atoms with van der Waals surface area (Å²) in [6.45, 7) is -0.164. The van der Waals surface area contributed by atoms with E-state index in [4.69, 9.17) is 0 Å². The molecule has 0 aliphatic heterocycles. The number of aryl methyl sites for hydroxylation is 1. The number of alkyl halides is 3. The zero-order chi connectivity index (χ0) is 28.1. The standard InChI is InChI=1S/C26H35F3N2O7/c27-26(28,29)19-7-5-6-18(16-19)10-11-20(32)12-13-22-21(23(33)17-24(22)34)8-3-1-2-4-9-25(35)30-14-15-38-31(36)37/h1,3,5-7,12-13,16,20-24,32-34H,2,4,8-11,14-15,17H2,(H,30,35)/b3-1-,13-12+/t20-,21+,22+,23-,24+/m0/s1. The van der Waals surface area contributed by atoms with Gasteiger partial charge < -0.3 is 25.5 Å². The van der Waals surface area contributed by atoms with E-state index in [0.717, 1.165) is 12.1 Å². The normalized spacial score (nSPS) is 22.7. The second-order valence-electron chi connectivity index (χ2n) is 9.31. The van der Waals surface area contributed by atoms with E-state index in [1.807, 2.05) is 12.2 Å². The number of unbranched alkanes of at least 4 members (excludes halogenated alkanes) is 1. The third kappa shape index (κ3) is 11.2. The van der Waals surface area contributed by atoms with Gasteiger partial charge in [-0.1, -0.05) is 42.5 Å². The summed E-state index contributed by atoms with van der Waals surface area (Å²) in [5, 5.41) is 42.7. The summed E-state index contributed by atoms with van der Waals surface area (Å²) < 4.78 is 38.6. The van der Waals surface area contributed by atoms with Gasteiger partial charge in [-0.05, 0) is 49.7 Å². The highest BCUT2D eigenvalue weighted by Crippen LogP contribution is 2.36. The summed E-state index contributed by atoms with van der Waals surface area (Å²) in [6, 6.07) is 4.98. The van der Waals surface area contributed by atoms with Crippen LogP contribution in [0.15, 0.2) is 48.6 Å². The molecule has 1 aromatic carbocycles. The molecule has 4 N–H and O–H groups in total. The van der Waals surface area contributed by atoms with Gasteiger partial charge in [-0.2, -0.15) is 13.2 Å². The van der Waals surface area contributed by atoms with Crippen LogP contribution in [0, 0.1) is 22.0 Å². The number of aliphatic hydroxyl groups excluding tert-OH is 3. The Morgan fingerprint density at radius 3 is 2.74 bits per heavy atom. The lowest BCUT2D eigenvalue weighted by atomic mass is 9.89. The average Bonchev–Trinajstić information content (AvgIpc) is 3.12. The number of amides is 1. The Labute approximate surface area is 219 Å². The van der Waals surface area contributed by atoms with Gasteiger partial charge in [-0.25, -0.2) is 0 Å². The maximum absolute atomic E-state index is 12.9. The predicted molar refractivity (Wildman–Crippen MR) is 132 cm³/mol. The van der Waals surface area contributed by atoms with Crippen molar-refractivity contribution in [3.63, 3.8) is 0 Å². The molecule has 1 aliphatic carbocycles. The number of halogens is 3. The van der Waals surface area contributed by atoms with Gasteiger partial charge >= 0.3 is 6.18 Å². The second kappa shape index (κ2) is 15.5. The Morgan fingerprint density at radius 1 is 1.26 bits per heavy atom. The van der Waals surface area contributed by atoms with E-state index in [0.29, 0.717) is 24.8 Å². The van der Waals surface area contributed by atoms with Crippen LogP contribution in [-0.4, -0.2) is 57.8 Å². The minimum Gasteiger partial charge on any atom is -0.393 e. The highest BCUT2D eigenvalue weighted by Gasteiger charge is 2.39. The lowest BCUT2D eigenvalue weighted by Crippen LogP contribution is -2.27. The lowest BCUT2D eigenvalue weighted by Gasteiger charge is -2.19. The second-order valence-corrected chi connectivity index (χ2v) is 9.31. The van der Waals surface area contributed by atoms with Crippen molar-refractivity contribution in [2.45, 2.75) is 69.4 Å². The highest BCUT2D eigenvalue weighted by atomic mass is 19.4. The zero-order valence-electron chi connectivity index (χ0n) is 20.9. The van der Waals surface area contributed by atoms with E-state index < -0.39 is 35.1 Å². The van der Waals surface area contributed by atoms with Gasteiger partial charge in [0.25, 0.3) is 5.09 Å². The number of carbonyl (C=O) groups excluding carboxylic acids is 1. The number of carbonyl (C=O) groups is 1. The Bertz CT molecular complexity index is 955.